The molecule has 1 heterocycles. The minimum absolute atomic E-state index is 0.0639. The molecule has 0 radical (unpaired) electrons. The van der Waals surface area contributed by atoms with Gasteiger partial charge < -0.3 is 10.2 Å². The molecule has 0 spiro atoms. The van der Waals surface area contributed by atoms with Crippen molar-refractivity contribution in [3.8, 4) is 5.75 Å². The summed E-state index contributed by atoms with van der Waals surface area (Å²) in [6.45, 7) is 5.32. The number of hydrogen-bond donors (Lipinski definition) is 2. The van der Waals surface area contributed by atoms with Crippen LogP contribution in [0.1, 0.15) is 49.1 Å². The van der Waals surface area contributed by atoms with Crippen LogP contribution in [0.3, 0.4) is 0 Å². The van der Waals surface area contributed by atoms with E-state index in [9.17, 15) is 14.3 Å². The van der Waals surface area contributed by atoms with Crippen molar-refractivity contribution in [2.45, 2.75) is 38.8 Å². The third kappa shape index (κ3) is 4.77. The van der Waals surface area contributed by atoms with Gasteiger partial charge in [0.05, 0.1) is 12.7 Å². The highest BCUT2D eigenvalue weighted by molar-refractivity contribution is 5.85. The molecule has 31 heavy (non-hydrogen) atoms. The first kappa shape index (κ1) is 22.9. The highest BCUT2D eigenvalue weighted by atomic mass is 19.1. The minimum atomic E-state index is -1.22. The SMILES string of the molecule is C[C@H](CF)CN1[C@H](c2c(F)cc(/C=C/C(=O)O)cc2F)c2ccc(O)cc2CC1(C)C. The van der Waals surface area contributed by atoms with Crippen molar-refractivity contribution in [3.63, 3.8) is 0 Å². The van der Waals surface area contributed by atoms with Crippen LogP contribution >= 0.6 is 0 Å². The van der Waals surface area contributed by atoms with Crippen molar-refractivity contribution in [2.75, 3.05) is 13.2 Å². The predicted octanol–water partition coefficient (Wildman–Crippen LogP) is 5.10. The molecular formula is C24H26F3NO3. The maximum absolute atomic E-state index is 15.3. The van der Waals surface area contributed by atoms with E-state index in [4.69, 9.17) is 5.11 Å². The Morgan fingerprint density at radius 3 is 2.48 bits per heavy atom. The zero-order chi connectivity index (χ0) is 22.9. The molecule has 0 bridgehead atoms. The number of aliphatic carboxylic acids is 1. The molecule has 1 aliphatic rings. The van der Waals surface area contributed by atoms with Crippen molar-refractivity contribution in [2.24, 2.45) is 5.92 Å². The smallest absolute Gasteiger partial charge is 0.328 e. The number of carboxylic acids is 1. The van der Waals surface area contributed by atoms with Gasteiger partial charge in [0.15, 0.2) is 0 Å². The maximum Gasteiger partial charge on any atom is 0.328 e. The number of aromatic hydroxyl groups is 1. The molecule has 2 aromatic carbocycles. The minimum Gasteiger partial charge on any atom is -0.508 e. The fourth-order valence-corrected chi connectivity index (χ4v) is 4.27. The van der Waals surface area contributed by atoms with E-state index in [2.05, 4.69) is 0 Å². The number of phenols is 1. The second-order valence-corrected chi connectivity index (χ2v) is 8.76. The van der Waals surface area contributed by atoms with Gasteiger partial charge in [0.25, 0.3) is 0 Å². The molecule has 0 aromatic heterocycles. The van der Waals surface area contributed by atoms with Crippen LogP contribution in [-0.2, 0) is 11.2 Å². The fraction of sp³-hybridized carbons (Fsp3) is 0.375. The summed E-state index contributed by atoms with van der Waals surface area (Å²) in [4.78, 5) is 12.6. The Morgan fingerprint density at radius 2 is 1.90 bits per heavy atom. The Balaban J connectivity index is 2.20. The molecule has 0 fully saturated rings. The third-order valence-electron chi connectivity index (χ3n) is 5.70. The summed E-state index contributed by atoms with van der Waals surface area (Å²) in [5.74, 6) is -3.13. The van der Waals surface area contributed by atoms with Crippen LogP contribution in [0.5, 0.6) is 5.75 Å². The molecule has 2 aromatic rings. The lowest BCUT2D eigenvalue weighted by Crippen LogP contribution is -2.53. The van der Waals surface area contributed by atoms with Crippen molar-refractivity contribution in [3.05, 3.63) is 70.3 Å². The monoisotopic (exact) mass is 433 g/mol. The van der Waals surface area contributed by atoms with E-state index in [1.807, 2.05) is 18.7 Å². The van der Waals surface area contributed by atoms with E-state index in [0.29, 0.717) is 12.0 Å². The van der Waals surface area contributed by atoms with E-state index < -0.39 is 35.9 Å². The zero-order valence-electron chi connectivity index (χ0n) is 17.7. The Kier molecular flexibility index (Phi) is 6.46. The van der Waals surface area contributed by atoms with Crippen LogP contribution < -0.4 is 0 Å². The van der Waals surface area contributed by atoms with Gasteiger partial charge in [-0.05, 0) is 73.2 Å². The van der Waals surface area contributed by atoms with Crippen LogP contribution in [0.2, 0.25) is 0 Å². The molecule has 0 aliphatic carbocycles. The highest BCUT2D eigenvalue weighted by Crippen LogP contribution is 2.45. The van der Waals surface area contributed by atoms with Gasteiger partial charge in [-0.1, -0.05) is 13.0 Å². The molecule has 1 aliphatic heterocycles. The van der Waals surface area contributed by atoms with Gasteiger partial charge in [-0.25, -0.2) is 13.6 Å². The number of rotatable bonds is 6. The Morgan fingerprint density at radius 1 is 1.26 bits per heavy atom. The molecular weight excluding hydrogens is 407 g/mol. The summed E-state index contributed by atoms with van der Waals surface area (Å²) in [5, 5.41) is 18.7. The highest BCUT2D eigenvalue weighted by Gasteiger charge is 2.42. The second-order valence-electron chi connectivity index (χ2n) is 8.76. The average Bonchev–Trinajstić information content (AvgIpc) is 2.67. The van der Waals surface area contributed by atoms with E-state index in [-0.39, 0.29) is 29.3 Å². The molecule has 0 saturated heterocycles. The number of benzene rings is 2. The zero-order valence-corrected chi connectivity index (χ0v) is 17.7. The van der Waals surface area contributed by atoms with Gasteiger partial charge in [-0.15, -0.1) is 0 Å². The Bertz CT molecular complexity index is 996. The topological polar surface area (TPSA) is 60.8 Å². The largest absolute Gasteiger partial charge is 0.508 e. The summed E-state index contributed by atoms with van der Waals surface area (Å²) in [6, 6.07) is 6.08. The lowest BCUT2D eigenvalue weighted by molar-refractivity contribution is -0.131. The normalized spacial score (nSPS) is 19.4. The third-order valence-corrected chi connectivity index (χ3v) is 5.70. The van der Waals surface area contributed by atoms with Gasteiger partial charge in [0.1, 0.15) is 17.4 Å². The van der Waals surface area contributed by atoms with E-state index in [0.717, 1.165) is 29.8 Å². The van der Waals surface area contributed by atoms with Crippen molar-refractivity contribution < 1.29 is 28.2 Å². The van der Waals surface area contributed by atoms with Crippen LogP contribution in [0.15, 0.2) is 36.4 Å². The van der Waals surface area contributed by atoms with Gasteiger partial charge in [-0.2, -0.15) is 0 Å². The molecule has 2 atom stereocenters. The van der Waals surface area contributed by atoms with Crippen LogP contribution in [0.4, 0.5) is 13.2 Å². The molecule has 7 heteroatoms. The number of nitrogens with zero attached hydrogens (tertiary/aromatic N) is 1. The van der Waals surface area contributed by atoms with Gasteiger partial charge in [-0.3, -0.25) is 9.29 Å². The Hall–Kier alpha value is -2.80. The molecule has 0 unspecified atom stereocenters. The van der Waals surface area contributed by atoms with Gasteiger partial charge >= 0.3 is 5.97 Å². The fourth-order valence-electron chi connectivity index (χ4n) is 4.27. The van der Waals surface area contributed by atoms with Crippen LogP contribution in [0, 0.1) is 17.6 Å². The number of carboxylic acid groups (broad SMARTS) is 1. The molecule has 3 rings (SSSR count). The number of alkyl halides is 1. The van der Waals surface area contributed by atoms with E-state index in [1.165, 1.54) is 6.07 Å². The number of halogens is 3. The standard InChI is InChI=1S/C24H26F3NO3/c1-14(12-25)13-28-23(18-6-5-17(29)10-16(18)11-24(28,2)3)22-19(26)8-15(9-20(22)27)4-7-21(30)31/h4-10,14,23,29H,11-13H2,1-3H3,(H,30,31)/b7-4+/t14-,23+/m1/s1. The lowest BCUT2D eigenvalue weighted by Gasteiger charge is -2.49. The number of hydrogen-bond acceptors (Lipinski definition) is 3. The first-order chi connectivity index (χ1) is 14.5. The lowest BCUT2D eigenvalue weighted by atomic mass is 9.78. The molecule has 0 amide bonds. The maximum atomic E-state index is 15.3. The van der Waals surface area contributed by atoms with E-state index >= 15 is 8.78 Å². The quantitative estimate of drug-likeness (QED) is 0.623. The second kappa shape index (κ2) is 8.75. The van der Waals surface area contributed by atoms with Crippen molar-refractivity contribution >= 4 is 12.0 Å². The van der Waals surface area contributed by atoms with Gasteiger partial charge in [0, 0.05) is 23.7 Å². The Labute approximate surface area is 179 Å². The molecule has 4 nitrogen and oxygen atoms in total. The first-order valence-electron chi connectivity index (χ1n) is 10.1. The summed E-state index contributed by atoms with van der Waals surface area (Å²) >= 11 is 0. The first-order valence-corrected chi connectivity index (χ1v) is 10.1. The molecule has 2 N–H and O–H groups in total. The van der Waals surface area contributed by atoms with Crippen LogP contribution in [-0.4, -0.2) is 39.8 Å². The number of fused-ring (bicyclic) bond motifs is 1. The number of carbonyl (C=O) groups is 1. The summed E-state index contributed by atoms with van der Waals surface area (Å²) in [5.41, 5.74) is 0.766. The summed E-state index contributed by atoms with van der Waals surface area (Å²) < 4.78 is 43.9. The average molecular weight is 433 g/mol. The van der Waals surface area contributed by atoms with E-state index in [1.54, 1.807) is 19.1 Å². The predicted molar refractivity (Wildman–Crippen MR) is 113 cm³/mol. The summed E-state index contributed by atoms with van der Waals surface area (Å²) in [7, 11) is 0. The van der Waals surface area contributed by atoms with Crippen molar-refractivity contribution in [1.29, 1.82) is 0 Å². The van der Waals surface area contributed by atoms with Gasteiger partial charge in [0.2, 0.25) is 0 Å². The summed E-state index contributed by atoms with van der Waals surface area (Å²) in [6.07, 6.45) is 2.46. The molecule has 166 valence electrons. The molecule has 0 saturated carbocycles. The van der Waals surface area contributed by atoms with Crippen molar-refractivity contribution in [1.82, 2.24) is 4.90 Å². The van der Waals surface area contributed by atoms with Crippen LogP contribution in [0.25, 0.3) is 6.08 Å². The number of phenolic OH excluding ortho intramolecular Hbond substituents is 1.